The molecule has 0 spiro atoms. The first kappa shape index (κ1) is 13.8. The highest BCUT2D eigenvalue weighted by atomic mass is 79.9. The van der Waals surface area contributed by atoms with Gasteiger partial charge in [-0.1, -0.05) is 28.1 Å². The van der Waals surface area contributed by atoms with E-state index in [9.17, 15) is 9.59 Å². The standard InChI is InChI=1S/C14H15BrN2O2/c15-13-3-1-2-12(10-13)4-5-14(19)17-8-6-16(11-18)7-9-17/h1-5,10-11H,6-9H2. The molecule has 100 valence electrons. The first-order valence-corrected chi connectivity index (χ1v) is 6.90. The van der Waals surface area contributed by atoms with Crippen LogP contribution in [0.15, 0.2) is 34.8 Å². The second-order valence-electron chi connectivity index (χ2n) is 4.36. The lowest BCUT2D eigenvalue weighted by Gasteiger charge is -2.31. The lowest BCUT2D eigenvalue weighted by atomic mass is 10.2. The summed E-state index contributed by atoms with van der Waals surface area (Å²) in [7, 11) is 0. The van der Waals surface area contributed by atoms with E-state index in [1.807, 2.05) is 24.3 Å². The zero-order valence-corrected chi connectivity index (χ0v) is 12.0. The third-order valence-corrected chi connectivity index (χ3v) is 3.54. The summed E-state index contributed by atoms with van der Waals surface area (Å²) in [6.07, 6.45) is 4.22. The Morgan fingerprint density at radius 2 is 1.95 bits per heavy atom. The highest BCUT2D eigenvalue weighted by Crippen LogP contribution is 2.13. The molecular weight excluding hydrogens is 308 g/mol. The Bertz CT molecular complexity index is 494. The van der Waals surface area contributed by atoms with Crippen molar-refractivity contribution in [1.82, 2.24) is 9.80 Å². The van der Waals surface area contributed by atoms with E-state index in [2.05, 4.69) is 15.9 Å². The third kappa shape index (κ3) is 3.92. The summed E-state index contributed by atoms with van der Waals surface area (Å²) in [5, 5.41) is 0. The van der Waals surface area contributed by atoms with Crippen molar-refractivity contribution in [3.63, 3.8) is 0 Å². The molecule has 1 fully saturated rings. The Morgan fingerprint density at radius 1 is 1.21 bits per heavy atom. The Balaban J connectivity index is 1.92. The smallest absolute Gasteiger partial charge is 0.246 e. The van der Waals surface area contributed by atoms with E-state index in [1.165, 1.54) is 0 Å². The second-order valence-corrected chi connectivity index (χ2v) is 5.27. The van der Waals surface area contributed by atoms with Crippen LogP contribution in [0.4, 0.5) is 0 Å². The summed E-state index contributed by atoms with van der Waals surface area (Å²) in [5.41, 5.74) is 0.981. The Kier molecular flexibility index (Phi) is 4.74. The number of carbonyl (C=O) groups is 2. The molecule has 0 atom stereocenters. The minimum Gasteiger partial charge on any atom is -0.342 e. The molecule has 2 amide bonds. The Morgan fingerprint density at radius 3 is 2.58 bits per heavy atom. The molecule has 1 aliphatic rings. The van der Waals surface area contributed by atoms with E-state index >= 15 is 0 Å². The number of piperazine rings is 1. The van der Waals surface area contributed by atoms with Gasteiger partial charge in [0.05, 0.1) is 0 Å². The van der Waals surface area contributed by atoms with Crippen molar-refractivity contribution in [2.24, 2.45) is 0 Å². The number of nitrogens with zero attached hydrogens (tertiary/aromatic N) is 2. The molecule has 1 aliphatic heterocycles. The number of hydrogen-bond acceptors (Lipinski definition) is 2. The van der Waals surface area contributed by atoms with Crippen LogP contribution >= 0.6 is 15.9 Å². The van der Waals surface area contributed by atoms with Crippen LogP contribution in [-0.4, -0.2) is 48.3 Å². The fourth-order valence-corrected chi connectivity index (χ4v) is 2.35. The van der Waals surface area contributed by atoms with Crippen LogP contribution in [-0.2, 0) is 9.59 Å². The largest absolute Gasteiger partial charge is 0.342 e. The van der Waals surface area contributed by atoms with E-state index < -0.39 is 0 Å². The fourth-order valence-electron chi connectivity index (χ4n) is 1.93. The number of amides is 2. The van der Waals surface area contributed by atoms with E-state index in [0.717, 1.165) is 16.4 Å². The van der Waals surface area contributed by atoms with E-state index in [-0.39, 0.29) is 5.91 Å². The molecule has 2 rings (SSSR count). The van der Waals surface area contributed by atoms with Crippen LogP contribution in [0, 0.1) is 0 Å². The number of rotatable bonds is 3. The molecule has 0 saturated carbocycles. The van der Waals surface area contributed by atoms with Crippen LogP contribution in [0.5, 0.6) is 0 Å². The lowest BCUT2D eigenvalue weighted by molar-refractivity contribution is -0.130. The van der Waals surface area contributed by atoms with Gasteiger partial charge in [-0.05, 0) is 23.8 Å². The van der Waals surface area contributed by atoms with E-state index in [4.69, 9.17) is 0 Å². The SMILES string of the molecule is O=CN1CCN(C(=O)C=Cc2cccc(Br)c2)CC1. The maximum absolute atomic E-state index is 12.0. The Hall–Kier alpha value is -1.62. The highest BCUT2D eigenvalue weighted by Gasteiger charge is 2.17. The van der Waals surface area contributed by atoms with Crippen LogP contribution < -0.4 is 0 Å². The molecule has 0 aromatic heterocycles. The van der Waals surface area contributed by atoms with Gasteiger partial charge in [-0.2, -0.15) is 0 Å². The molecule has 0 aliphatic carbocycles. The van der Waals surface area contributed by atoms with Gasteiger partial charge in [-0.25, -0.2) is 0 Å². The molecule has 19 heavy (non-hydrogen) atoms. The Labute approximate surface area is 120 Å². The monoisotopic (exact) mass is 322 g/mol. The summed E-state index contributed by atoms with van der Waals surface area (Å²) < 4.78 is 0.988. The molecule has 4 nitrogen and oxygen atoms in total. The average molecular weight is 323 g/mol. The third-order valence-electron chi connectivity index (χ3n) is 3.04. The summed E-state index contributed by atoms with van der Waals surface area (Å²) in [6.45, 7) is 2.42. The lowest BCUT2D eigenvalue weighted by Crippen LogP contribution is -2.47. The first-order chi connectivity index (χ1) is 9.19. The number of hydrogen-bond donors (Lipinski definition) is 0. The zero-order valence-electron chi connectivity index (χ0n) is 10.5. The van der Waals surface area contributed by atoms with Gasteiger partial charge in [0, 0.05) is 36.7 Å². The minimum absolute atomic E-state index is 0.00877. The van der Waals surface area contributed by atoms with Gasteiger partial charge in [0.2, 0.25) is 12.3 Å². The molecule has 0 radical (unpaired) electrons. The topological polar surface area (TPSA) is 40.6 Å². The van der Waals surface area contributed by atoms with Crippen LogP contribution in [0.1, 0.15) is 5.56 Å². The molecular formula is C14H15BrN2O2. The first-order valence-electron chi connectivity index (χ1n) is 6.11. The summed E-state index contributed by atoms with van der Waals surface area (Å²) in [5.74, 6) is -0.00877. The summed E-state index contributed by atoms with van der Waals surface area (Å²) >= 11 is 3.39. The van der Waals surface area contributed by atoms with Gasteiger partial charge >= 0.3 is 0 Å². The van der Waals surface area contributed by atoms with Crippen LogP contribution in [0.3, 0.4) is 0 Å². The van der Waals surface area contributed by atoms with Crippen molar-refractivity contribution in [3.05, 3.63) is 40.4 Å². The highest BCUT2D eigenvalue weighted by molar-refractivity contribution is 9.10. The molecule has 0 N–H and O–H groups in total. The van der Waals surface area contributed by atoms with Crippen molar-refractivity contribution in [1.29, 1.82) is 0 Å². The van der Waals surface area contributed by atoms with Crippen molar-refractivity contribution in [2.45, 2.75) is 0 Å². The molecule has 0 bridgehead atoms. The van der Waals surface area contributed by atoms with Gasteiger partial charge in [0.1, 0.15) is 0 Å². The fraction of sp³-hybridized carbons (Fsp3) is 0.286. The van der Waals surface area contributed by atoms with Crippen molar-refractivity contribution < 1.29 is 9.59 Å². The van der Waals surface area contributed by atoms with Gasteiger partial charge < -0.3 is 9.80 Å². The zero-order chi connectivity index (χ0) is 13.7. The molecule has 1 aromatic rings. The van der Waals surface area contributed by atoms with Crippen molar-refractivity contribution in [3.8, 4) is 0 Å². The molecule has 5 heteroatoms. The number of benzene rings is 1. The minimum atomic E-state index is -0.00877. The summed E-state index contributed by atoms with van der Waals surface area (Å²) in [4.78, 5) is 26.0. The van der Waals surface area contributed by atoms with Gasteiger partial charge in [0.25, 0.3) is 0 Å². The van der Waals surface area contributed by atoms with E-state index in [0.29, 0.717) is 26.2 Å². The second kappa shape index (κ2) is 6.52. The predicted molar refractivity (Wildman–Crippen MR) is 77.4 cm³/mol. The summed E-state index contributed by atoms with van der Waals surface area (Å²) in [6, 6.07) is 7.77. The average Bonchev–Trinajstić information content (AvgIpc) is 2.45. The predicted octanol–water partition coefficient (Wildman–Crippen LogP) is 1.76. The van der Waals surface area contributed by atoms with Crippen LogP contribution in [0.2, 0.25) is 0 Å². The molecule has 0 unspecified atom stereocenters. The molecule has 1 aromatic carbocycles. The maximum atomic E-state index is 12.0. The van der Waals surface area contributed by atoms with Gasteiger partial charge in [0.15, 0.2) is 0 Å². The normalized spacial score (nSPS) is 15.8. The van der Waals surface area contributed by atoms with Crippen LogP contribution in [0.25, 0.3) is 6.08 Å². The molecule has 1 heterocycles. The quantitative estimate of drug-likeness (QED) is 0.628. The van der Waals surface area contributed by atoms with E-state index in [1.54, 1.807) is 22.0 Å². The maximum Gasteiger partial charge on any atom is 0.246 e. The molecule has 1 saturated heterocycles. The number of carbonyl (C=O) groups excluding carboxylic acids is 2. The van der Waals surface area contributed by atoms with Crippen molar-refractivity contribution >= 4 is 34.3 Å². The van der Waals surface area contributed by atoms with Gasteiger partial charge in [-0.3, -0.25) is 9.59 Å². The van der Waals surface area contributed by atoms with Gasteiger partial charge in [-0.15, -0.1) is 0 Å². The number of halogens is 1. The van der Waals surface area contributed by atoms with Crippen molar-refractivity contribution in [2.75, 3.05) is 26.2 Å².